The average molecular weight is 431 g/mol. The standard InChI is InChI=1S/C23H30N2O6/c1-2-3-4-5-6-7-8-9-10-23(30-21-15-11-19(12-16-21)24(26)27)31-22-17-13-20(14-18-22)25(28)29/h11-18,23H,2-10H2,1H3. The van der Waals surface area contributed by atoms with E-state index in [1.165, 1.54) is 80.6 Å². The molecule has 8 nitrogen and oxygen atoms in total. The Hall–Kier alpha value is -3.16. The first-order chi connectivity index (χ1) is 15.0. The van der Waals surface area contributed by atoms with Gasteiger partial charge in [-0.1, -0.05) is 51.9 Å². The number of unbranched alkanes of at least 4 members (excludes halogenated alkanes) is 7. The van der Waals surface area contributed by atoms with Crippen LogP contribution < -0.4 is 9.47 Å². The van der Waals surface area contributed by atoms with Gasteiger partial charge in [-0.25, -0.2) is 0 Å². The molecule has 2 rings (SSSR count). The molecule has 0 heterocycles. The highest BCUT2D eigenvalue weighted by atomic mass is 16.7. The van der Waals surface area contributed by atoms with E-state index >= 15 is 0 Å². The maximum absolute atomic E-state index is 10.8. The van der Waals surface area contributed by atoms with Gasteiger partial charge in [0, 0.05) is 30.7 Å². The van der Waals surface area contributed by atoms with E-state index in [0.717, 1.165) is 19.3 Å². The third-order valence-corrected chi connectivity index (χ3v) is 4.92. The van der Waals surface area contributed by atoms with Crippen molar-refractivity contribution >= 4 is 11.4 Å². The first kappa shape index (κ1) is 24.1. The maximum atomic E-state index is 10.8. The number of non-ortho nitro benzene ring substituents is 2. The summed E-state index contributed by atoms with van der Waals surface area (Å²) in [5, 5.41) is 21.7. The predicted molar refractivity (Wildman–Crippen MR) is 118 cm³/mol. The van der Waals surface area contributed by atoms with Crippen molar-refractivity contribution in [3.63, 3.8) is 0 Å². The van der Waals surface area contributed by atoms with Crippen molar-refractivity contribution in [2.24, 2.45) is 0 Å². The molecule has 0 saturated carbocycles. The number of benzene rings is 2. The highest BCUT2D eigenvalue weighted by Gasteiger charge is 2.15. The fourth-order valence-corrected chi connectivity index (χ4v) is 3.18. The van der Waals surface area contributed by atoms with Crippen LogP contribution in [-0.4, -0.2) is 16.1 Å². The highest BCUT2D eigenvalue weighted by molar-refractivity contribution is 5.37. The van der Waals surface area contributed by atoms with Crippen LogP contribution >= 0.6 is 0 Å². The number of hydrogen-bond donors (Lipinski definition) is 0. The largest absolute Gasteiger partial charge is 0.455 e. The van der Waals surface area contributed by atoms with Gasteiger partial charge in [0.2, 0.25) is 6.29 Å². The van der Waals surface area contributed by atoms with Crippen LogP contribution in [0.25, 0.3) is 0 Å². The van der Waals surface area contributed by atoms with Gasteiger partial charge in [-0.15, -0.1) is 0 Å². The maximum Gasteiger partial charge on any atom is 0.269 e. The third-order valence-electron chi connectivity index (χ3n) is 4.92. The van der Waals surface area contributed by atoms with Crippen molar-refractivity contribution in [1.29, 1.82) is 0 Å². The van der Waals surface area contributed by atoms with Crippen molar-refractivity contribution in [1.82, 2.24) is 0 Å². The first-order valence-electron chi connectivity index (χ1n) is 10.8. The Morgan fingerprint density at radius 3 is 1.45 bits per heavy atom. The summed E-state index contributed by atoms with van der Waals surface area (Å²) in [7, 11) is 0. The Kier molecular flexibility index (Phi) is 10.3. The second kappa shape index (κ2) is 13.2. The topological polar surface area (TPSA) is 105 Å². The summed E-state index contributed by atoms with van der Waals surface area (Å²) in [6.45, 7) is 2.20. The summed E-state index contributed by atoms with van der Waals surface area (Å²) < 4.78 is 11.8. The van der Waals surface area contributed by atoms with Gasteiger partial charge in [-0.2, -0.15) is 0 Å². The lowest BCUT2D eigenvalue weighted by Gasteiger charge is -2.20. The molecule has 0 aliphatic heterocycles. The first-order valence-corrected chi connectivity index (χ1v) is 10.8. The van der Waals surface area contributed by atoms with Gasteiger partial charge in [0.25, 0.3) is 11.4 Å². The molecule has 0 saturated heterocycles. The van der Waals surface area contributed by atoms with Crippen LogP contribution in [0.3, 0.4) is 0 Å². The molecule has 0 fully saturated rings. The third kappa shape index (κ3) is 9.02. The molecule has 0 atom stereocenters. The molecule has 8 heteroatoms. The Morgan fingerprint density at radius 1 is 0.677 bits per heavy atom. The SMILES string of the molecule is CCCCCCCCCCC(Oc1ccc([N+](=O)[O-])cc1)Oc1ccc([N+](=O)[O-])cc1. The lowest BCUT2D eigenvalue weighted by molar-refractivity contribution is -0.385. The molecular formula is C23H30N2O6. The van der Waals surface area contributed by atoms with E-state index in [9.17, 15) is 20.2 Å². The number of nitro benzene ring substituents is 2. The quantitative estimate of drug-likeness (QED) is 0.133. The lowest BCUT2D eigenvalue weighted by atomic mass is 10.1. The van der Waals surface area contributed by atoms with E-state index < -0.39 is 16.1 Å². The van der Waals surface area contributed by atoms with Crippen molar-refractivity contribution in [3.05, 3.63) is 68.8 Å². The van der Waals surface area contributed by atoms with Crippen LogP contribution in [-0.2, 0) is 0 Å². The van der Waals surface area contributed by atoms with Gasteiger partial charge >= 0.3 is 0 Å². The van der Waals surface area contributed by atoms with Crippen LogP contribution in [0.1, 0.15) is 64.7 Å². The van der Waals surface area contributed by atoms with E-state index in [1.807, 2.05) is 0 Å². The number of nitro groups is 2. The van der Waals surface area contributed by atoms with Crippen molar-refractivity contribution in [2.75, 3.05) is 0 Å². The van der Waals surface area contributed by atoms with Gasteiger partial charge in [-0.3, -0.25) is 20.2 Å². The minimum Gasteiger partial charge on any atom is -0.455 e. The van der Waals surface area contributed by atoms with Crippen molar-refractivity contribution < 1.29 is 19.3 Å². The van der Waals surface area contributed by atoms with Crippen molar-refractivity contribution in [2.45, 2.75) is 71.0 Å². The molecule has 168 valence electrons. The average Bonchev–Trinajstić information content (AvgIpc) is 2.76. The zero-order chi connectivity index (χ0) is 22.5. The molecular weight excluding hydrogens is 400 g/mol. The number of ether oxygens (including phenoxy) is 2. The molecule has 0 amide bonds. The van der Waals surface area contributed by atoms with E-state index in [4.69, 9.17) is 9.47 Å². The zero-order valence-corrected chi connectivity index (χ0v) is 17.9. The van der Waals surface area contributed by atoms with E-state index in [2.05, 4.69) is 6.92 Å². The van der Waals surface area contributed by atoms with Crippen molar-refractivity contribution in [3.8, 4) is 11.5 Å². The van der Waals surface area contributed by atoms with Crippen LogP contribution in [0, 0.1) is 20.2 Å². The number of nitrogens with zero attached hydrogens (tertiary/aromatic N) is 2. The van der Waals surface area contributed by atoms with Crippen LogP contribution in [0.4, 0.5) is 11.4 Å². The summed E-state index contributed by atoms with van der Waals surface area (Å²) >= 11 is 0. The van der Waals surface area contributed by atoms with Crippen LogP contribution in [0.5, 0.6) is 11.5 Å². The molecule has 0 radical (unpaired) electrons. The molecule has 0 bridgehead atoms. The van der Waals surface area contributed by atoms with Gasteiger partial charge in [-0.05, 0) is 30.7 Å². The molecule has 0 aliphatic carbocycles. The normalized spacial score (nSPS) is 10.8. The summed E-state index contributed by atoms with van der Waals surface area (Å²) in [5.41, 5.74) is -0.0217. The molecule has 0 aliphatic rings. The monoisotopic (exact) mass is 430 g/mol. The second-order valence-electron chi connectivity index (χ2n) is 7.43. The van der Waals surface area contributed by atoms with E-state index in [-0.39, 0.29) is 11.4 Å². The van der Waals surface area contributed by atoms with Gasteiger partial charge in [0.15, 0.2) is 0 Å². The molecule has 2 aromatic rings. The van der Waals surface area contributed by atoms with Crippen LogP contribution in [0.15, 0.2) is 48.5 Å². The second-order valence-corrected chi connectivity index (χ2v) is 7.43. The molecule has 2 aromatic carbocycles. The van der Waals surface area contributed by atoms with Gasteiger partial charge in [0.1, 0.15) is 11.5 Å². The Labute approximate surface area is 182 Å². The lowest BCUT2D eigenvalue weighted by Crippen LogP contribution is -2.24. The summed E-state index contributed by atoms with van der Waals surface area (Å²) in [5.74, 6) is 0.939. The minimum absolute atomic E-state index is 0.0109. The van der Waals surface area contributed by atoms with E-state index in [0.29, 0.717) is 17.9 Å². The fourth-order valence-electron chi connectivity index (χ4n) is 3.18. The minimum atomic E-state index is -0.594. The van der Waals surface area contributed by atoms with Gasteiger partial charge in [0.05, 0.1) is 9.85 Å². The molecule has 0 N–H and O–H groups in total. The zero-order valence-electron chi connectivity index (χ0n) is 17.9. The molecule has 0 spiro atoms. The highest BCUT2D eigenvalue weighted by Crippen LogP contribution is 2.24. The Balaban J connectivity index is 1.92. The summed E-state index contributed by atoms with van der Waals surface area (Å²) in [4.78, 5) is 20.7. The smallest absolute Gasteiger partial charge is 0.269 e. The molecule has 0 aromatic heterocycles. The Bertz CT molecular complexity index is 748. The number of hydrogen-bond acceptors (Lipinski definition) is 6. The van der Waals surface area contributed by atoms with Crippen LogP contribution in [0.2, 0.25) is 0 Å². The summed E-state index contributed by atoms with van der Waals surface area (Å²) in [6, 6.07) is 11.7. The summed E-state index contributed by atoms with van der Waals surface area (Å²) in [6.07, 6.45) is 9.47. The molecule has 0 unspecified atom stereocenters. The predicted octanol–water partition coefficient (Wildman–Crippen LogP) is 6.82. The number of rotatable bonds is 15. The van der Waals surface area contributed by atoms with Gasteiger partial charge < -0.3 is 9.47 Å². The fraction of sp³-hybridized carbons (Fsp3) is 0.478. The molecule has 31 heavy (non-hydrogen) atoms. The Morgan fingerprint density at radius 2 is 1.06 bits per heavy atom. The van der Waals surface area contributed by atoms with E-state index in [1.54, 1.807) is 0 Å².